The van der Waals surface area contributed by atoms with Gasteiger partial charge in [-0.25, -0.2) is 0 Å². The van der Waals surface area contributed by atoms with Crippen LogP contribution in [-0.4, -0.2) is 43.2 Å². The molecule has 0 aromatic rings. The average molecular weight is 239 g/mol. The maximum Gasteiger partial charge on any atom is 0.0462 e. The number of hydrogen-bond donors (Lipinski definition) is 2. The first-order chi connectivity index (χ1) is 8.24. The number of piperidine rings is 3. The van der Waals surface area contributed by atoms with E-state index < -0.39 is 0 Å². The zero-order chi connectivity index (χ0) is 12.3. The third-order valence-corrected chi connectivity index (χ3v) is 5.14. The van der Waals surface area contributed by atoms with Gasteiger partial charge in [-0.05, 0) is 44.3 Å². The molecule has 17 heavy (non-hydrogen) atoms. The van der Waals surface area contributed by atoms with Crippen LogP contribution in [0.25, 0.3) is 0 Å². The number of nitrogens with one attached hydrogen (secondary N) is 1. The highest BCUT2D eigenvalue weighted by molar-refractivity contribution is 5.04. The van der Waals surface area contributed by atoms with Crippen LogP contribution < -0.4 is 11.1 Å². The third-order valence-electron chi connectivity index (χ3n) is 5.14. The molecular formula is C14H29N3. The van der Waals surface area contributed by atoms with Crippen molar-refractivity contribution in [1.82, 2.24) is 10.2 Å². The lowest BCUT2D eigenvalue weighted by Gasteiger charge is -2.53. The van der Waals surface area contributed by atoms with Gasteiger partial charge in [-0.1, -0.05) is 26.7 Å². The topological polar surface area (TPSA) is 41.3 Å². The van der Waals surface area contributed by atoms with Crippen molar-refractivity contribution in [2.75, 3.05) is 32.7 Å². The van der Waals surface area contributed by atoms with Crippen molar-refractivity contribution in [2.24, 2.45) is 17.6 Å². The van der Waals surface area contributed by atoms with Gasteiger partial charge < -0.3 is 16.0 Å². The van der Waals surface area contributed by atoms with E-state index in [0.717, 1.165) is 24.9 Å². The molecule has 1 atom stereocenters. The third kappa shape index (κ3) is 2.67. The Morgan fingerprint density at radius 2 is 1.94 bits per heavy atom. The van der Waals surface area contributed by atoms with Crippen molar-refractivity contribution >= 4 is 0 Å². The number of fused-ring (bicyclic) bond motifs is 3. The molecule has 3 fully saturated rings. The zero-order valence-electron chi connectivity index (χ0n) is 11.5. The van der Waals surface area contributed by atoms with E-state index in [0.29, 0.717) is 0 Å². The Balaban J connectivity index is 1.95. The lowest BCUT2D eigenvalue weighted by atomic mass is 9.72. The van der Waals surface area contributed by atoms with Crippen LogP contribution in [0.3, 0.4) is 0 Å². The lowest BCUT2D eigenvalue weighted by Crippen LogP contribution is -2.69. The van der Waals surface area contributed by atoms with Crippen molar-refractivity contribution in [1.29, 1.82) is 0 Å². The maximum atomic E-state index is 6.10. The first-order valence-electron chi connectivity index (χ1n) is 7.41. The largest absolute Gasteiger partial charge is 0.329 e. The van der Waals surface area contributed by atoms with E-state index in [1.807, 2.05) is 0 Å². The Bertz CT molecular complexity index is 232. The minimum absolute atomic E-state index is 0.221. The van der Waals surface area contributed by atoms with E-state index in [1.165, 1.54) is 45.3 Å². The predicted molar refractivity (Wildman–Crippen MR) is 73.0 cm³/mol. The second kappa shape index (κ2) is 5.68. The second-order valence-electron chi connectivity index (χ2n) is 5.97. The molecule has 0 spiro atoms. The van der Waals surface area contributed by atoms with Gasteiger partial charge in [-0.15, -0.1) is 0 Å². The number of rotatable bonds is 6. The minimum Gasteiger partial charge on any atom is -0.329 e. The van der Waals surface area contributed by atoms with Gasteiger partial charge >= 0.3 is 0 Å². The first-order valence-corrected chi connectivity index (χ1v) is 7.41. The molecule has 3 aliphatic rings. The van der Waals surface area contributed by atoms with E-state index in [1.54, 1.807) is 0 Å². The minimum atomic E-state index is 0.221. The molecule has 0 amide bonds. The van der Waals surface area contributed by atoms with Gasteiger partial charge in [0, 0.05) is 18.6 Å². The summed E-state index contributed by atoms with van der Waals surface area (Å²) >= 11 is 0. The summed E-state index contributed by atoms with van der Waals surface area (Å²) in [6, 6.07) is 0. The highest BCUT2D eigenvalue weighted by Gasteiger charge is 2.45. The summed E-state index contributed by atoms with van der Waals surface area (Å²) in [5.74, 6) is 1.63. The summed E-state index contributed by atoms with van der Waals surface area (Å²) in [4.78, 5) is 2.59. The molecule has 0 radical (unpaired) electrons. The van der Waals surface area contributed by atoms with Crippen molar-refractivity contribution in [3.8, 4) is 0 Å². The molecule has 3 heterocycles. The molecule has 100 valence electrons. The van der Waals surface area contributed by atoms with Gasteiger partial charge in [0.25, 0.3) is 0 Å². The summed E-state index contributed by atoms with van der Waals surface area (Å²) in [5.41, 5.74) is 6.33. The fraction of sp³-hybridized carbons (Fsp3) is 1.00. The van der Waals surface area contributed by atoms with Crippen LogP contribution in [0.1, 0.15) is 39.5 Å². The zero-order valence-corrected chi connectivity index (χ0v) is 11.5. The molecule has 1 unspecified atom stereocenters. The van der Waals surface area contributed by atoms with E-state index >= 15 is 0 Å². The van der Waals surface area contributed by atoms with Crippen LogP contribution in [0.5, 0.6) is 0 Å². The molecule has 3 nitrogen and oxygen atoms in total. The Hall–Kier alpha value is -0.120. The van der Waals surface area contributed by atoms with Crippen LogP contribution in [0.4, 0.5) is 0 Å². The van der Waals surface area contributed by atoms with Crippen LogP contribution in [0, 0.1) is 11.8 Å². The summed E-state index contributed by atoms with van der Waals surface area (Å²) < 4.78 is 0. The Labute approximate surface area is 106 Å². The molecule has 3 N–H and O–H groups in total. The monoisotopic (exact) mass is 239 g/mol. The molecule has 0 aromatic carbocycles. The summed E-state index contributed by atoms with van der Waals surface area (Å²) in [6.07, 6.45) is 5.23. The number of nitrogens with zero attached hydrogens (tertiary/aromatic N) is 1. The standard InChI is InChI=1S/C14H29N3/c1-3-12(4-2)9-16-14(10-15)11-17-7-5-13(14)6-8-17/h12-13,16H,3-11,15H2,1-2H3. The van der Waals surface area contributed by atoms with Gasteiger partial charge in [0.05, 0.1) is 0 Å². The van der Waals surface area contributed by atoms with E-state index in [-0.39, 0.29) is 5.54 Å². The summed E-state index contributed by atoms with van der Waals surface area (Å²) in [5, 5.41) is 3.85. The van der Waals surface area contributed by atoms with E-state index in [9.17, 15) is 0 Å². The lowest BCUT2D eigenvalue weighted by molar-refractivity contribution is 0.00876. The Morgan fingerprint density at radius 1 is 1.29 bits per heavy atom. The van der Waals surface area contributed by atoms with Gasteiger partial charge in [0.1, 0.15) is 0 Å². The number of hydrogen-bond acceptors (Lipinski definition) is 3. The molecule has 3 aliphatic heterocycles. The quantitative estimate of drug-likeness (QED) is 0.737. The smallest absolute Gasteiger partial charge is 0.0462 e. The van der Waals surface area contributed by atoms with Crippen LogP contribution in [0.2, 0.25) is 0 Å². The van der Waals surface area contributed by atoms with Crippen LogP contribution >= 0.6 is 0 Å². The molecule has 0 aliphatic carbocycles. The molecule has 0 aromatic heterocycles. The fourth-order valence-corrected chi connectivity index (χ4v) is 3.60. The van der Waals surface area contributed by atoms with Crippen molar-refractivity contribution < 1.29 is 0 Å². The maximum absolute atomic E-state index is 6.10. The SMILES string of the molecule is CCC(CC)CNC1(CN)CN2CCC1CC2. The van der Waals surface area contributed by atoms with E-state index in [2.05, 4.69) is 24.1 Å². The van der Waals surface area contributed by atoms with Crippen molar-refractivity contribution in [3.63, 3.8) is 0 Å². The Morgan fingerprint density at radius 3 is 2.35 bits per heavy atom. The molecule has 3 heteroatoms. The van der Waals surface area contributed by atoms with Gasteiger partial charge in [0.15, 0.2) is 0 Å². The second-order valence-corrected chi connectivity index (χ2v) is 5.97. The van der Waals surface area contributed by atoms with E-state index in [4.69, 9.17) is 5.73 Å². The van der Waals surface area contributed by atoms with Crippen LogP contribution in [-0.2, 0) is 0 Å². The number of nitrogens with two attached hydrogens (primary N) is 1. The molecule has 3 rings (SSSR count). The highest BCUT2D eigenvalue weighted by Crippen LogP contribution is 2.35. The normalized spacial score (nSPS) is 36.7. The summed E-state index contributed by atoms with van der Waals surface area (Å²) in [6.45, 7) is 10.3. The van der Waals surface area contributed by atoms with Crippen molar-refractivity contribution in [2.45, 2.75) is 45.1 Å². The molecular weight excluding hydrogens is 210 g/mol. The first kappa shape index (κ1) is 13.3. The Kier molecular flexibility index (Phi) is 4.45. The van der Waals surface area contributed by atoms with Gasteiger partial charge in [0.2, 0.25) is 0 Å². The molecule has 0 saturated carbocycles. The molecule has 3 saturated heterocycles. The summed E-state index contributed by atoms with van der Waals surface area (Å²) in [7, 11) is 0. The molecule has 2 bridgehead atoms. The average Bonchev–Trinajstić information content (AvgIpc) is 2.41. The van der Waals surface area contributed by atoms with Crippen LogP contribution in [0.15, 0.2) is 0 Å². The predicted octanol–water partition coefficient (Wildman–Crippen LogP) is 1.44. The van der Waals surface area contributed by atoms with Gasteiger partial charge in [-0.2, -0.15) is 0 Å². The van der Waals surface area contributed by atoms with Gasteiger partial charge in [-0.3, -0.25) is 0 Å². The van der Waals surface area contributed by atoms with Crippen molar-refractivity contribution in [3.05, 3.63) is 0 Å². The highest BCUT2D eigenvalue weighted by atomic mass is 15.2. The fourth-order valence-electron chi connectivity index (χ4n) is 3.60.